The number of nitro benzene ring substituents is 1. The fraction of sp³-hybridized carbons (Fsp3) is 0.333. The topological polar surface area (TPSA) is 78.0 Å². The lowest BCUT2D eigenvalue weighted by Gasteiger charge is -2.22. The summed E-state index contributed by atoms with van der Waals surface area (Å²) in [4.78, 5) is 27.0. The van der Waals surface area contributed by atoms with Crippen molar-refractivity contribution in [3.63, 3.8) is 0 Å². The standard InChI is InChI=1S/C15H15N3O3/c1-10-2-7-14-16-13(8-15(19)17(14)9-10)11-3-5-12(6-4-11)18(20)21/h3-6,8,10H,2,7,9H2,1H3/t10-/m1/s1. The highest BCUT2D eigenvalue weighted by atomic mass is 16.6. The van der Waals surface area contributed by atoms with E-state index < -0.39 is 4.92 Å². The zero-order chi connectivity index (χ0) is 15.0. The molecule has 0 spiro atoms. The third kappa shape index (κ3) is 2.56. The van der Waals surface area contributed by atoms with E-state index in [2.05, 4.69) is 11.9 Å². The number of rotatable bonds is 2. The number of nitrogens with zero attached hydrogens (tertiary/aromatic N) is 3. The zero-order valence-electron chi connectivity index (χ0n) is 11.7. The first-order chi connectivity index (χ1) is 10.0. The fourth-order valence-corrected chi connectivity index (χ4v) is 2.62. The molecule has 0 amide bonds. The minimum absolute atomic E-state index is 0.0299. The van der Waals surface area contributed by atoms with Gasteiger partial charge in [-0.1, -0.05) is 6.92 Å². The molecule has 0 radical (unpaired) electrons. The van der Waals surface area contributed by atoms with Gasteiger partial charge in [0.15, 0.2) is 0 Å². The van der Waals surface area contributed by atoms with Crippen molar-refractivity contribution in [3.8, 4) is 11.3 Å². The van der Waals surface area contributed by atoms with Crippen LogP contribution < -0.4 is 5.56 Å². The Morgan fingerprint density at radius 1 is 1.33 bits per heavy atom. The van der Waals surface area contributed by atoms with Crippen molar-refractivity contribution in [1.29, 1.82) is 0 Å². The van der Waals surface area contributed by atoms with Gasteiger partial charge in [-0.15, -0.1) is 0 Å². The Hall–Kier alpha value is -2.50. The largest absolute Gasteiger partial charge is 0.296 e. The van der Waals surface area contributed by atoms with Crippen molar-refractivity contribution in [2.75, 3.05) is 0 Å². The van der Waals surface area contributed by atoms with Crippen molar-refractivity contribution in [2.45, 2.75) is 26.3 Å². The number of hydrogen-bond donors (Lipinski definition) is 0. The van der Waals surface area contributed by atoms with Gasteiger partial charge in [0.25, 0.3) is 11.2 Å². The van der Waals surface area contributed by atoms with Gasteiger partial charge in [0.05, 0.1) is 10.6 Å². The third-order valence-corrected chi connectivity index (χ3v) is 3.82. The molecule has 6 nitrogen and oxygen atoms in total. The average molecular weight is 285 g/mol. The van der Waals surface area contributed by atoms with E-state index in [0.29, 0.717) is 18.2 Å². The summed E-state index contributed by atoms with van der Waals surface area (Å²) < 4.78 is 1.73. The van der Waals surface area contributed by atoms with E-state index in [9.17, 15) is 14.9 Å². The lowest BCUT2D eigenvalue weighted by atomic mass is 10.0. The van der Waals surface area contributed by atoms with Crippen molar-refractivity contribution >= 4 is 5.69 Å². The number of aromatic nitrogens is 2. The first kappa shape index (κ1) is 13.5. The first-order valence-electron chi connectivity index (χ1n) is 6.90. The number of hydrogen-bond acceptors (Lipinski definition) is 4. The van der Waals surface area contributed by atoms with Crippen LogP contribution in [0, 0.1) is 16.0 Å². The molecule has 108 valence electrons. The molecule has 21 heavy (non-hydrogen) atoms. The van der Waals surface area contributed by atoms with Crippen LogP contribution >= 0.6 is 0 Å². The van der Waals surface area contributed by atoms with E-state index in [1.165, 1.54) is 18.2 Å². The van der Waals surface area contributed by atoms with Crippen LogP contribution in [0.1, 0.15) is 19.2 Å². The molecule has 0 fully saturated rings. The number of fused-ring (bicyclic) bond motifs is 1. The van der Waals surface area contributed by atoms with Gasteiger partial charge in [-0.3, -0.25) is 19.5 Å². The lowest BCUT2D eigenvalue weighted by Crippen LogP contribution is -2.31. The molecule has 0 saturated heterocycles. The molecule has 1 aliphatic heterocycles. The second kappa shape index (κ2) is 5.12. The summed E-state index contributed by atoms with van der Waals surface area (Å²) in [6, 6.07) is 7.61. The summed E-state index contributed by atoms with van der Waals surface area (Å²) in [5.74, 6) is 1.29. The molecular weight excluding hydrogens is 270 g/mol. The zero-order valence-corrected chi connectivity index (χ0v) is 11.7. The quantitative estimate of drug-likeness (QED) is 0.627. The van der Waals surface area contributed by atoms with Crippen LogP contribution in [0.15, 0.2) is 35.1 Å². The smallest absolute Gasteiger partial charge is 0.269 e. The number of non-ortho nitro benzene ring substituents is 1. The summed E-state index contributed by atoms with van der Waals surface area (Å²) in [6.07, 6.45) is 1.81. The highest BCUT2D eigenvalue weighted by Crippen LogP contribution is 2.22. The minimum atomic E-state index is -0.444. The second-order valence-corrected chi connectivity index (χ2v) is 5.45. The van der Waals surface area contributed by atoms with E-state index >= 15 is 0 Å². The molecule has 1 aromatic carbocycles. The number of aryl methyl sites for hydroxylation is 1. The minimum Gasteiger partial charge on any atom is -0.296 e. The maximum Gasteiger partial charge on any atom is 0.269 e. The first-order valence-corrected chi connectivity index (χ1v) is 6.90. The van der Waals surface area contributed by atoms with Crippen LogP contribution in [-0.4, -0.2) is 14.5 Å². The van der Waals surface area contributed by atoms with Gasteiger partial charge in [-0.2, -0.15) is 0 Å². The molecule has 3 rings (SSSR count). The van der Waals surface area contributed by atoms with Gasteiger partial charge in [0.1, 0.15) is 5.82 Å². The van der Waals surface area contributed by atoms with Crippen molar-refractivity contribution in [1.82, 2.24) is 9.55 Å². The van der Waals surface area contributed by atoms with Gasteiger partial charge < -0.3 is 0 Å². The van der Waals surface area contributed by atoms with E-state index in [4.69, 9.17) is 0 Å². The summed E-state index contributed by atoms with van der Waals surface area (Å²) in [5.41, 5.74) is 1.28. The van der Waals surface area contributed by atoms with Crippen LogP contribution in [0.3, 0.4) is 0 Å². The van der Waals surface area contributed by atoms with E-state index in [-0.39, 0.29) is 11.2 Å². The van der Waals surface area contributed by atoms with Gasteiger partial charge in [0.2, 0.25) is 0 Å². The summed E-state index contributed by atoms with van der Waals surface area (Å²) >= 11 is 0. The highest BCUT2D eigenvalue weighted by molar-refractivity contribution is 5.60. The van der Waals surface area contributed by atoms with E-state index in [0.717, 1.165) is 24.2 Å². The van der Waals surface area contributed by atoms with Crippen LogP contribution in [0.25, 0.3) is 11.3 Å². The Labute approximate surface area is 121 Å². The predicted molar refractivity (Wildman–Crippen MR) is 78.1 cm³/mol. The SMILES string of the molecule is C[C@@H]1CCc2nc(-c3ccc([N+](=O)[O-])cc3)cc(=O)n2C1. The molecule has 2 aromatic rings. The van der Waals surface area contributed by atoms with Crippen LogP contribution in [-0.2, 0) is 13.0 Å². The Morgan fingerprint density at radius 3 is 2.71 bits per heavy atom. The molecule has 1 aromatic heterocycles. The summed E-state index contributed by atoms with van der Waals surface area (Å²) in [7, 11) is 0. The predicted octanol–water partition coefficient (Wildman–Crippen LogP) is 2.40. The van der Waals surface area contributed by atoms with E-state index in [1.54, 1.807) is 16.7 Å². The van der Waals surface area contributed by atoms with Crippen LogP contribution in [0.4, 0.5) is 5.69 Å². The maximum atomic E-state index is 12.2. The van der Waals surface area contributed by atoms with Gasteiger partial charge in [-0.25, -0.2) is 4.98 Å². The molecule has 0 aliphatic carbocycles. The molecule has 6 heteroatoms. The Morgan fingerprint density at radius 2 is 2.05 bits per heavy atom. The second-order valence-electron chi connectivity index (χ2n) is 5.45. The van der Waals surface area contributed by atoms with Gasteiger partial charge in [-0.05, 0) is 24.5 Å². The molecule has 0 unspecified atom stereocenters. The average Bonchev–Trinajstić information content (AvgIpc) is 2.48. The van der Waals surface area contributed by atoms with Gasteiger partial charge in [0, 0.05) is 36.7 Å². The fourth-order valence-electron chi connectivity index (χ4n) is 2.62. The molecule has 0 saturated carbocycles. The summed E-state index contributed by atoms with van der Waals surface area (Å²) in [6.45, 7) is 2.83. The van der Waals surface area contributed by atoms with Crippen LogP contribution in [0.5, 0.6) is 0 Å². The highest BCUT2D eigenvalue weighted by Gasteiger charge is 2.18. The monoisotopic (exact) mass is 285 g/mol. The van der Waals surface area contributed by atoms with Gasteiger partial charge >= 0.3 is 0 Å². The van der Waals surface area contributed by atoms with Crippen molar-refractivity contribution in [2.24, 2.45) is 5.92 Å². The Balaban J connectivity index is 2.02. The number of nitro groups is 1. The normalized spacial score (nSPS) is 17.3. The molecule has 1 atom stereocenters. The third-order valence-electron chi connectivity index (χ3n) is 3.82. The van der Waals surface area contributed by atoms with Crippen molar-refractivity contribution < 1.29 is 4.92 Å². The molecule has 0 N–H and O–H groups in total. The molecule has 2 heterocycles. The Kier molecular flexibility index (Phi) is 3.29. The Bertz CT molecular complexity index is 750. The summed E-state index contributed by atoms with van der Waals surface area (Å²) in [5, 5.41) is 10.7. The van der Waals surface area contributed by atoms with Crippen LogP contribution in [0.2, 0.25) is 0 Å². The lowest BCUT2D eigenvalue weighted by molar-refractivity contribution is -0.384. The van der Waals surface area contributed by atoms with Crippen molar-refractivity contribution in [3.05, 3.63) is 56.6 Å². The molecule has 0 bridgehead atoms. The molecule has 1 aliphatic rings. The maximum absolute atomic E-state index is 12.2. The number of benzene rings is 1. The van der Waals surface area contributed by atoms with E-state index in [1.807, 2.05) is 0 Å². The molecular formula is C15H15N3O3.